The third-order valence-electron chi connectivity index (χ3n) is 3.39. The first-order valence-corrected chi connectivity index (χ1v) is 9.39. The van der Waals surface area contributed by atoms with Crippen molar-refractivity contribution >= 4 is 51.4 Å². The van der Waals surface area contributed by atoms with Gasteiger partial charge in [0.05, 0.1) is 11.3 Å². The van der Waals surface area contributed by atoms with Crippen molar-refractivity contribution in [3.63, 3.8) is 0 Å². The molecule has 0 radical (unpaired) electrons. The van der Waals surface area contributed by atoms with Crippen molar-refractivity contribution in [3.05, 3.63) is 34.9 Å². The number of halogens is 2. The molecular weight excluding hydrogens is 449 g/mol. The summed E-state index contributed by atoms with van der Waals surface area (Å²) in [7, 11) is -3.15. The van der Waals surface area contributed by atoms with Gasteiger partial charge < -0.3 is 10.6 Å². The molecule has 1 aromatic carbocycles. The van der Waals surface area contributed by atoms with Crippen LogP contribution in [0.2, 0.25) is 5.02 Å². The Hall–Kier alpha value is -0.540. The molecule has 0 amide bonds. The summed E-state index contributed by atoms with van der Waals surface area (Å²) in [6.07, 6.45) is 1.24. The molecular formula is C15H25ClIN3O2S. The first kappa shape index (κ1) is 22.5. The molecule has 0 aliphatic heterocycles. The second-order valence-electron chi connectivity index (χ2n) is 5.67. The van der Waals surface area contributed by atoms with Gasteiger partial charge in [-0.05, 0) is 32.4 Å². The lowest BCUT2D eigenvalue weighted by molar-refractivity contribution is 0.544. The Morgan fingerprint density at radius 3 is 2.39 bits per heavy atom. The molecule has 2 N–H and O–H groups in total. The molecule has 0 atom stereocenters. The fourth-order valence-corrected chi connectivity index (χ4v) is 2.09. The number of nitrogens with one attached hydrogen (secondary N) is 2. The summed E-state index contributed by atoms with van der Waals surface area (Å²) < 4.78 is 22.6. The molecule has 0 aliphatic carbocycles. The molecule has 132 valence electrons. The van der Waals surface area contributed by atoms with Crippen LogP contribution < -0.4 is 10.6 Å². The number of benzene rings is 1. The Balaban J connectivity index is 0.00000484. The zero-order chi connectivity index (χ0) is 16.8. The topological polar surface area (TPSA) is 70.6 Å². The fourth-order valence-electron chi connectivity index (χ4n) is 1.56. The second kappa shape index (κ2) is 9.68. The van der Waals surface area contributed by atoms with E-state index in [1.54, 1.807) is 13.8 Å². The van der Waals surface area contributed by atoms with E-state index in [4.69, 9.17) is 11.6 Å². The van der Waals surface area contributed by atoms with E-state index in [1.165, 1.54) is 6.26 Å². The molecule has 0 heterocycles. The van der Waals surface area contributed by atoms with Crippen molar-refractivity contribution in [3.8, 4) is 0 Å². The van der Waals surface area contributed by atoms with Gasteiger partial charge in [0.15, 0.2) is 15.8 Å². The van der Waals surface area contributed by atoms with Gasteiger partial charge in [-0.1, -0.05) is 29.8 Å². The number of nitrogens with zero attached hydrogens (tertiary/aromatic N) is 1. The highest BCUT2D eigenvalue weighted by atomic mass is 127. The minimum atomic E-state index is -3.15. The Bertz CT molecular complexity index is 633. The van der Waals surface area contributed by atoms with Crippen LogP contribution in [-0.4, -0.2) is 38.5 Å². The van der Waals surface area contributed by atoms with Crippen molar-refractivity contribution in [2.75, 3.05) is 19.3 Å². The van der Waals surface area contributed by atoms with Gasteiger partial charge in [-0.2, -0.15) is 0 Å². The number of hydrogen-bond acceptors (Lipinski definition) is 3. The first-order valence-electron chi connectivity index (χ1n) is 7.12. The Morgan fingerprint density at radius 2 is 1.87 bits per heavy atom. The summed E-state index contributed by atoms with van der Waals surface area (Å²) in [6, 6.07) is 7.51. The number of rotatable bonds is 6. The van der Waals surface area contributed by atoms with E-state index in [1.807, 2.05) is 31.2 Å². The van der Waals surface area contributed by atoms with Gasteiger partial charge in [-0.3, -0.25) is 0 Å². The SMILES string of the molecule is CCNC(=NCc1ccccc1Cl)NCC(C)(C)S(C)(=O)=O.I. The zero-order valence-electron chi connectivity index (χ0n) is 13.9. The van der Waals surface area contributed by atoms with Crippen LogP contribution in [0.3, 0.4) is 0 Å². The van der Waals surface area contributed by atoms with Crippen molar-refractivity contribution in [2.45, 2.75) is 32.1 Å². The molecule has 0 unspecified atom stereocenters. The van der Waals surface area contributed by atoms with Gasteiger partial charge in [0, 0.05) is 24.4 Å². The van der Waals surface area contributed by atoms with Gasteiger partial charge in [0.25, 0.3) is 0 Å². The predicted molar refractivity (Wildman–Crippen MR) is 109 cm³/mol. The summed E-state index contributed by atoms with van der Waals surface area (Å²) >= 11 is 6.10. The van der Waals surface area contributed by atoms with Crippen LogP contribution in [0.15, 0.2) is 29.3 Å². The lowest BCUT2D eigenvalue weighted by Crippen LogP contribution is -2.47. The van der Waals surface area contributed by atoms with E-state index in [9.17, 15) is 8.42 Å². The smallest absolute Gasteiger partial charge is 0.191 e. The number of aliphatic imine (C=N–C) groups is 1. The molecule has 23 heavy (non-hydrogen) atoms. The van der Waals surface area contributed by atoms with Crippen LogP contribution in [0.25, 0.3) is 0 Å². The maximum absolute atomic E-state index is 11.7. The first-order chi connectivity index (χ1) is 10.2. The monoisotopic (exact) mass is 473 g/mol. The van der Waals surface area contributed by atoms with E-state index in [-0.39, 0.29) is 30.5 Å². The van der Waals surface area contributed by atoms with Gasteiger partial charge >= 0.3 is 0 Å². The standard InChI is InChI=1S/C15H24ClN3O2S.HI/c1-5-17-14(19-11-15(2,3)22(4,20)21)18-10-12-8-6-7-9-13(12)16;/h6-9H,5,10-11H2,1-4H3,(H2,17,18,19);1H. The van der Waals surface area contributed by atoms with Crippen LogP contribution in [-0.2, 0) is 16.4 Å². The Morgan fingerprint density at radius 1 is 1.26 bits per heavy atom. The molecule has 0 saturated carbocycles. The van der Waals surface area contributed by atoms with Gasteiger partial charge in [0.1, 0.15) is 0 Å². The number of guanidine groups is 1. The minimum Gasteiger partial charge on any atom is -0.357 e. The summed E-state index contributed by atoms with van der Waals surface area (Å²) in [5.41, 5.74) is 0.920. The molecule has 0 spiro atoms. The van der Waals surface area contributed by atoms with Crippen molar-refractivity contribution in [1.29, 1.82) is 0 Å². The number of hydrogen-bond donors (Lipinski definition) is 2. The largest absolute Gasteiger partial charge is 0.357 e. The maximum atomic E-state index is 11.7. The van der Waals surface area contributed by atoms with Crippen LogP contribution >= 0.6 is 35.6 Å². The van der Waals surface area contributed by atoms with Gasteiger partial charge in [-0.25, -0.2) is 13.4 Å². The lowest BCUT2D eigenvalue weighted by Gasteiger charge is -2.24. The zero-order valence-corrected chi connectivity index (χ0v) is 17.8. The molecule has 5 nitrogen and oxygen atoms in total. The molecule has 0 bridgehead atoms. The van der Waals surface area contributed by atoms with Crippen LogP contribution in [0, 0.1) is 0 Å². The molecule has 1 aromatic rings. The summed E-state index contributed by atoms with van der Waals surface area (Å²) in [4.78, 5) is 4.44. The summed E-state index contributed by atoms with van der Waals surface area (Å²) in [6.45, 7) is 6.72. The average molecular weight is 474 g/mol. The quantitative estimate of drug-likeness (QED) is 0.379. The second-order valence-corrected chi connectivity index (χ2v) is 8.73. The number of sulfone groups is 1. The molecule has 1 rings (SSSR count). The van der Waals surface area contributed by atoms with E-state index in [0.717, 1.165) is 5.56 Å². The van der Waals surface area contributed by atoms with E-state index in [0.29, 0.717) is 24.1 Å². The van der Waals surface area contributed by atoms with Gasteiger partial charge in [-0.15, -0.1) is 24.0 Å². The molecule has 0 aliphatic rings. The Kier molecular flexibility index (Phi) is 9.46. The summed E-state index contributed by atoms with van der Waals surface area (Å²) in [5.74, 6) is 0.569. The maximum Gasteiger partial charge on any atom is 0.191 e. The van der Waals surface area contributed by atoms with Crippen molar-refractivity contribution in [1.82, 2.24) is 10.6 Å². The highest BCUT2D eigenvalue weighted by Crippen LogP contribution is 2.16. The van der Waals surface area contributed by atoms with Crippen LogP contribution in [0.5, 0.6) is 0 Å². The van der Waals surface area contributed by atoms with E-state index in [2.05, 4.69) is 15.6 Å². The van der Waals surface area contributed by atoms with Crippen LogP contribution in [0.4, 0.5) is 0 Å². The molecule has 8 heteroatoms. The van der Waals surface area contributed by atoms with Crippen molar-refractivity contribution in [2.24, 2.45) is 4.99 Å². The van der Waals surface area contributed by atoms with Crippen molar-refractivity contribution < 1.29 is 8.42 Å². The fraction of sp³-hybridized carbons (Fsp3) is 0.533. The molecule has 0 aromatic heterocycles. The van der Waals surface area contributed by atoms with Gasteiger partial charge in [0.2, 0.25) is 0 Å². The average Bonchev–Trinajstić information content (AvgIpc) is 2.42. The molecule has 0 fully saturated rings. The summed E-state index contributed by atoms with van der Waals surface area (Å²) in [5, 5.41) is 6.84. The lowest BCUT2D eigenvalue weighted by atomic mass is 10.2. The third-order valence-corrected chi connectivity index (χ3v) is 5.92. The predicted octanol–water partition coefficient (Wildman–Crippen LogP) is 2.84. The highest BCUT2D eigenvalue weighted by Gasteiger charge is 2.30. The third kappa shape index (κ3) is 7.26. The highest BCUT2D eigenvalue weighted by molar-refractivity contribution is 14.0. The normalized spacial score (nSPS) is 12.5. The van der Waals surface area contributed by atoms with Crippen LogP contribution in [0.1, 0.15) is 26.3 Å². The minimum absolute atomic E-state index is 0. The molecule has 0 saturated heterocycles. The van der Waals surface area contributed by atoms with E-state index >= 15 is 0 Å². The Labute approximate surface area is 161 Å². The van der Waals surface area contributed by atoms with E-state index < -0.39 is 14.6 Å².